The minimum atomic E-state index is -1.97. The first-order valence-electron chi connectivity index (χ1n) is 11.7. The first-order chi connectivity index (χ1) is 14.0. The number of benzene rings is 1. The van der Waals surface area contributed by atoms with Crippen molar-refractivity contribution in [1.29, 1.82) is 0 Å². The van der Waals surface area contributed by atoms with Crippen LogP contribution in [0.2, 0.25) is 0 Å². The molecule has 5 atom stereocenters. The monoisotopic (exact) mass is 386 g/mol. The average molecular weight is 387 g/mol. The summed E-state index contributed by atoms with van der Waals surface area (Å²) in [5, 5.41) is 0. The summed E-state index contributed by atoms with van der Waals surface area (Å²) in [6.07, 6.45) is 4.74. The van der Waals surface area contributed by atoms with Crippen molar-refractivity contribution in [3.05, 3.63) is 34.9 Å². The molecule has 1 heterocycles. The molecular weight excluding hydrogens is 348 g/mol. The second kappa shape index (κ2) is 7.05. The lowest BCUT2D eigenvalue weighted by atomic mass is 9.57. The first-order valence-corrected chi connectivity index (χ1v) is 10.7. The van der Waals surface area contributed by atoms with Crippen LogP contribution < -0.4 is 5.73 Å². The van der Waals surface area contributed by atoms with Crippen LogP contribution in [0.5, 0.6) is 0 Å². The van der Waals surface area contributed by atoms with Gasteiger partial charge in [-0.15, -0.1) is 0 Å². The highest BCUT2D eigenvalue weighted by atomic mass is 16.5. The highest BCUT2D eigenvalue weighted by Crippen LogP contribution is 2.63. The number of methoxy groups -OCH3 is 1. The van der Waals surface area contributed by atoms with E-state index >= 15 is 0 Å². The van der Waals surface area contributed by atoms with E-state index in [-0.39, 0.29) is 17.5 Å². The van der Waals surface area contributed by atoms with Gasteiger partial charge in [-0.05, 0) is 66.5 Å². The smallest absolute Gasteiger partial charge is 0.283 e. The fourth-order valence-corrected chi connectivity index (χ4v) is 6.20. The summed E-state index contributed by atoms with van der Waals surface area (Å²) in [5.74, 6) is 1.23. The van der Waals surface area contributed by atoms with Gasteiger partial charge in [0.05, 0.1) is 8.85 Å². The van der Waals surface area contributed by atoms with E-state index in [9.17, 15) is 0 Å². The number of hydrogen-bond acceptors (Lipinski definition) is 4. The molecule has 0 radical (unpaired) electrons. The van der Waals surface area contributed by atoms with Gasteiger partial charge in [0.1, 0.15) is 12.1 Å². The lowest BCUT2D eigenvalue weighted by molar-refractivity contribution is -0.0779. The number of aliphatic imine (C=N–C) groups is 1. The number of nitrogens with two attached hydrogens (primary N) is 1. The zero-order valence-electron chi connectivity index (χ0n) is 19.9. The molecule has 0 saturated heterocycles. The Morgan fingerprint density at radius 1 is 1.32 bits per heavy atom. The lowest BCUT2D eigenvalue weighted by Gasteiger charge is -2.50. The maximum absolute atomic E-state index is 8.94. The van der Waals surface area contributed by atoms with Crippen LogP contribution in [0.4, 0.5) is 0 Å². The summed E-state index contributed by atoms with van der Waals surface area (Å²) < 4.78 is 29.3. The topological polar surface area (TPSA) is 56.8 Å². The first kappa shape index (κ1) is 17.3. The van der Waals surface area contributed by atoms with E-state index in [0.29, 0.717) is 17.8 Å². The van der Waals surface area contributed by atoms with E-state index in [0.717, 1.165) is 37.7 Å². The van der Waals surface area contributed by atoms with Crippen LogP contribution in [-0.2, 0) is 27.9 Å². The third-order valence-electron chi connectivity index (χ3n) is 7.27. The number of rotatable bonds is 4. The molecule has 4 rings (SSSR count). The van der Waals surface area contributed by atoms with Crippen LogP contribution in [0.15, 0.2) is 23.2 Å². The number of nitrogens with zero attached hydrogens (tertiary/aromatic N) is 1. The number of amidine groups is 1. The van der Waals surface area contributed by atoms with Crippen molar-refractivity contribution in [1.82, 2.24) is 0 Å². The Bertz CT molecular complexity index is 842. The van der Waals surface area contributed by atoms with E-state index in [1.54, 1.807) is 7.11 Å². The van der Waals surface area contributed by atoms with Gasteiger partial charge in [-0.1, -0.05) is 45.9 Å². The van der Waals surface area contributed by atoms with Crippen molar-refractivity contribution in [2.24, 2.45) is 33.9 Å². The molecule has 154 valence electrons. The van der Waals surface area contributed by atoms with Gasteiger partial charge in [0.15, 0.2) is 0 Å². The Balaban J connectivity index is 1.85. The summed E-state index contributed by atoms with van der Waals surface area (Å²) in [6, 6.07) is 6.56. The number of fused-ring (bicyclic) bond motifs is 3. The Hall–Kier alpha value is -1.55. The van der Waals surface area contributed by atoms with E-state index in [1.807, 2.05) is 0 Å². The molecule has 2 aliphatic carbocycles. The van der Waals surface area contributed by atoms with Crippen LogP contribution in [0.25, 0.3) is 0 Å². The molecular formula is C24H36N2O2. The molecule has 1 unspecified atom stereocenters. The number of hydrogen-bond donors (Lipinski definition) is 1. The van der Waals surface area contributed by atoms with Gasteiger partial charge in [0.25, 0.3) is 6.02 Å². The van der Waals surface area contributed by atoms with Gasteiger partial charge < -0.3 is 15.2 Å². The van der Waals surface area contributed by atoms with Crippen LogP contribution in [0.3, 0.4) is 0 Å². The van der Waals surface area contributed by atoms with E-state index < -0.39 is 12.1 Å². The molecule has 1 aliphatic heterocycles. The third-order valence-corrected chi connectivity index (χ3v) is 7.27. The predicted octanol–water partition coefficient (Wildman–Crippen LogP) is 4.44. The molecule has 1 aromatic rings. The molecule has 1 aromatic carbocycles. The molecule has 0 aromatic heterocycles. The van der Waals surface area contributed by atoms with Crippen LogP contribution in [0, 0.1) is 23.2 Å². The Labute approximate surface area is 172 Å². The van der Waals surface area contributed by atoms with Gasteiger partial charge in [0, 0.05) is 12.5 Å². The largest absolute Gasteiger partial charge is 0.462 e. The molecule has 2 N–H and O–H groups in total. The van der Waals surface area contributed by atoms with Gasteiger partial charge in [-0.2, -0.15) is 0 Å². The van der Waals surface area contributed by atoms with Crippen molar-refractivity contribution in [2.45, 2.75) is 71.4 Å². The van der Waals surface area contributed by atoms with Crippen LogP contribution in [-0.4, -0.2) is 25.8 Å². The van der Waals surface area contributed by atoms with E-state index in [2.05, 4.69) is 45.9 Å². The molecule has 0 amide bonds. The maximum Gasteiger partial charge on any atom is 0.283 e. The molecule has 3 aliphatic rings. The number of ether oxygens (including phenoxy) is 2. The highest BCUT2D eigenvalue weighted by Gasteiger charge is 2.63. The van der Waals surface area contributed by atoms with Gasteiger partial charge in [0.2, 0.25) is 0 Å². The molecule has 28 heavy (non-hydrogen) atoms. The SMILES string of the molecule is [2H]C1([2H])OC(N)=NC12c1cc(CCC(C)C)ccc1C[C@@]21C[C@@H](C)[C@H](OC)[C@@H](C)C1. The highest BCUT2D eigenvalue weighted by molar-refractivity contribution is 5.75. The third kappa shape index (κ3) is 2.96. The predicted molar refractivity (Wildman–Crippen MR) is 113 cm³/mol. The standard InChI is InChI=1S/C24H36N2O2/c1-15(2)6-7-18-8-9-19-13-23(11-16(3)21(27-5)17(4)12-23)24(20(19)10-18)14-28-22(25)26-24/h8-10,15-17,21H,6-7,11-14H2,1-5H3,(H2,25,26)/t16-,17+,21+,23+,24?/i14D2. The fourth-order valence-electron chi connectivity index (χ4n) is 6.20. The average Bonchev–Trinajstić information content (AvgIpc) is 3.04. The van der Waals surface area contributed by atoms with Crippen molar-refractivity contribution in [3.63, 3.8) is 0 Å². The van der Waals surface area contributed by atoms with Gasteiger partial charge >= 0.3 is 0 Å². The van der Waals surface area contributed by atoms with Crippen LogP contribution in [0.1, 0.15) is 66.4 Å². The maximum atomic E-state index is 8.94. The summed E-state index contributed by atoms with van der Waals surface area (Å²) in [5.41, 5.74) is 7.96. The van der Waals surface area contributed by atoms with E-state index in [1.165, 1.54) is 11.1 Å². The molecule has 1 saturated carbocycles. The second-order valence-corrected chi connectivity index (χ2v) is 9.81. The van der Waals surface area contributed by atoms with E-state index in [4.69, 9.17) is 22.9 Å². The second-order valence-electron chi connectivity index (χ2n) is 9.81. The van der Waals surface area contributed by atoms with Crippen LogP contribution >= 0.6 is 0 Å². The van der Waals surface area contributed by atoms with Crippen molar-refractivity contribution in [3.8, 4) is 0 Å². The lowest BCUT2D eigenvalue weighted by Crippen LogP contribution is -2.51. The Morgan fingerprint density at radius 2 is 2.04 bits per heavy atom. The summed E-state index contributed by atoms with van der Waals surface area (Å²) in [7, 11) is 1.78. The summed E-state index contributed by atoms with van der Waals surface area (Å²) >= 11 is 0. The minimum Gasteiger partial charge on any atom is -0.462 e. The molecule has 0 bridgehead atoms. The van der Waals surface area contributed by atoms with Gasteiger partial charge in [-0.25, -0.2) is 4.99 Å². The zero-order chi connectivity index (χ0) is 21.9. The summed E-state index contributed by atoms with van der Waals surface area (Å²) in [4.78, 5) is 4.80. The summed E-state index contributed by atoms with van der Waals surface area (Å²) in [6.45, 7) is 6.92. The molecule has 2 spiro atoms. The number of aryl methyl sites for hydroxylation is 1. The molecule has 4 heteroatoms. The molecule has 4 nitrogen and oxygen atoms in total. The Morgan fingerprint density at radius 3 is 2.61 bits per heavy atom. The Kier molecular flexibility index (Phi) is 4.36. The fraction of sp³-hybridized carbons (Fsp3) is 0.708. The van der Waals surface area contributed by atoms with Crippen molar-refractivity contribution < 1.29 is 12.2 Å². The van der Waals surface area contributed by atoms with Crippen molar-refractivity contribution >= 4 is 6.02 Å². The quantitative estimate of drug-likeness (QED) is 0.832. The normalized spacial score (nSPS) is 39.6. The van der Waals surface area contributed by atoms with Crippen molar-refractivity contribution in [2.75, 3.05) is 13.7 Å². The van der Waals surface area contributed by atoms with Gasteiger partial charge in [-0.3, -0.25) is 0 Å². The zero-order valence-corrected chi connectivity index (χ0v) is 17.9. The molecule has 1 fully saturated rings. The minimum absolute atomic E-state index is 0.0334.